The predicted octanol–water partition coefficient (Wildman–Crippen LogP) is 1.53. The second-order valence-corrected chi connectivity index (χ2v) is 4.80. The van der Waals surface area contributed by atoms with Crippen molar-refractivity contribution < 1.29 is 9.53 Å². The summed E-state index contributed by atoms with van der Waals surface area (Å²) in [5.41, 5.74) is 6.73. The molecule has 1 saturated carbocycles. The summed E-state index contributed by atoms with van der Waals surface area (Å²) in [4.78, 5) is 14.0. The van der Waals surface area contributed by atoms with Gasteiger partial charge in [-0.15, -0.1) is 0 Å². The van der Waals surface area contributed by atoms with E-state index >= 15 is 0 Å². The minimum absolute atomic E-state index is 0.0170. The normalized spacial score (nSPS) is 16.2. The van der Waals surface area contributed by atoms with E-state index in [9.17, 15) is 4.79 Å². The van der Waals surface area contributed by atoms with Crippen LogP contribution >= 0.6 is 0 Å². The van der Waals surface area contributed by atoms with E-state index in [1.165, 1.54) is 0 Å². The molecule has 0 heterocycles. The molecule has 2 rings (SSSR count). The standard InChI is InChI=1S/C14H20N2O2/c1-10(15)14(17)16(12-7-8-12)9-11-5-3-4-6-13(11)18-2/h3-6,10,12H,7-9,15H2,1-2H3. The predicted molar refractivity (Wildman–Crippen MR) is 70.2 cm³/mol. The Hall–Kier alpha value is -1.55. The highest BCUT2D eigenvalue weighted by Gasteiger charge is 2.34. The van der Waals surface area contributed by atoms with E-state index in [4.69, 9.17) is 10.5 Å². The molecule has 1 unspecified atom stereocenters. The van der Waals surface area contributed by atoms with E-state index in [1.807, 2.05) is 29.2 Å². The van der Waals surface area contributed by atoms with Crippen LogP contribution in [0, 0.1) is 0 Å². The summed E-state index contributed by atoms with van der Waals surface area (Å²) in [7, 11) is 1.65. The topological polar surface area (TPSA) is 55.6 Å². The maximum absolute atomic E-state index is 12.1. The van der Waals surface area contributed by atoms with Crippen molar-refractivity contribution in [1.29, 1.82) is 0 Å². The highest BCUT2D eigenvalue weighted by atomic mass is 16.5. The third kappa shape index (κ3) is 2.82. The first-order valence-corrected chi connectivity index (χ1v) is 6.31. The lowest BCUT2D eigenvalue weighted by molar-refractivity contribution is -0.133. The number of amides is 1. The fourth-order valence-corrected chi connectivity index (χ4v) is 2.05. The summed E-state index contributed by atoms with van der Waals surface area (Å²) in [6.45, 7) is 2.31. The maximum Gasteiger partial charge on any atom is 0.239 e. The van der Waals surface area contributed by atoms with E-state index in [0.717, 1.165) is 24.2 Å². The fraction of sp³-hybridized carbons (Fsp3) is 0.500. The number of carbonyl (C=O) groups excluding carboxylic acids is 1. The average molecular weight is 248 g/mol. The van der Waals surface area contributed by atoms with Gasteiger partial charge in [0, 0.05) is 18.2 Å². The van der Waals surface area contributed by atoms with Gasteiger partial charge in [0.2, 0.25) is 5.91 Å². The van der Waals surface area contributed by atoms with Crippen LogP contribution in [0.2, 0.25) is 0 Å². The van der Waals surface area contributed by atoms with Crippen LogP contribution in [0.25, 0.3) is 0 Å². The van der Waals surface area contributed by atoms with Crippen molar-refractivity contribution in [3.63, 3.8) is 0 Å². The number of methoxy groups -OCH3 is 1. The van der Waals surface area contributed by atoms with Crippen molar-refractivity contribution in [1.82, 2.24) is 4.90 Å². The van der Waals surface area contributed by atoms with Crippen molar-refractivity contribution in [2.24, 2.45) is 5.73 Å². The van der Waals surface area contributed by atoms with Gasteiger partial charge in [-0.05, 0) is 25.8 Å². The highest BCUT2D eigenvalue weighted by molar-refractivity contribution is 5.81. The Labute approximate surface area is 108 Å². The monoisotopic (exact) mass is 248 g/mol. The Morgan fingerprint density at radius 3 is 2.72 bits per heavy atom. The van der Waals surface area contributed by atoms with Gasteiger partial charge in [-0.25, -0.2) is 0 Å². The molecule has 98 valence electrons. The third-order valence-corrected chi connectivity index (χ3v) is 3.19. The van der Waals surface area contributed by atoms with Crippen LogP contribution in [0.4, 0.5) is 0 Å². The Balaban J connectivity index is 2.16. The molecule has 0 bridgehead atoms. The van der Waals surface area contributed by atoms with Crippen molar-refractivity contribution in [2.45, 2.75) is 38.4 Å². The highest BCUT2D eigenvalue weighted by Crippen LogP contribution is 2.30. The molecule has 1 amide bonds. The van der Waals surface area contributed by atoms with Gasteiger partial charge in [0.05, 0.1) is 13.2 Å². The Bertz CT molecular complexity index is 428. The van der Waals surface area contributed by atoms with Gasteiger partial charge in [-0.3, -0.25) is 4.79 Å². The molecule has 1 aliphatic rings. The molecule has 2 N–H and O–H groups in total. The summed E-state index contributed by atoms with van der Waals surface area (Å²) < 4.78 is 5.32. The second-order valence-electron chi connectivity index (χ2n) is 4.80. The van der Waals surface area contributed by atoms with E-state index in [2.05, 4.69) is 0 Å². The van der Waals surface area contributed by atoms with Crippen LogP contribution in [-0.4, -0.2) is 30.0 Å². The zero-order valence-electron chi connectivity index (χ0n) is 10.9. The Morgan fingerprint density at radius 2 is 2.17 bits per heavy atom. The molecule has 4 heteroatoms. The molecule has 4 nitrogen and oxygen atoms in total. The molecule has 1 aromatic rings. The van der Waals surface area contributed by atoms with Crippen LogP contribution in [-0.2, 0) is 11.3 Å². The first kappa shape index (κ1) is 12.9. The summed E-state index contributed by atoms with van der Waals surface area (Å²) >= 11 is 0. The second kappa shape index (κ2) is 5.40. The molecular weight excluding hydrogens is 228 g/mol. The number of benzene rings is 1. The smallest absolute Gasteiger partial charge is 0.239 e. The largest absolute Gasteiger partial charge is 0.496 e. The SMILES string of the molecule is COc1ccccc1CN(C(=O)C(C)N)C1CC1. The minimum atomic E-state index is -0.444. The molecule has 1 fully saturated rings. The first-order valence-electron chi connectivity index (χ1n) is 6.31. The van der Waals surface area contributed by atoms with E-state index in [0.29, 0.717) is 12.6 Å². The van der Waals surface area contributed by atoms with E-state index < -0.39 is 6.04 Å². The van der Waals surface area contributed by atoms with Crippen LogP contribution in [0.15, 0.2) is 24.3 Å². The molecule has 0 saturated heterocycles. The van der Waals surface area contributed by atoms with Gasteiger partial charge in [-0.2, -0.15) is 0 Å². The van der Waals surface area contributed by atoms with Gasteiger partial charge >= 0.3 is 0 Å². The lowest BCUT2D eigenvalue weighted by Crippen LogP contribution is -2.42. The number of ether oxygens (including phenoxy) is 1. The van der Waals surface area contributed by atoms with Crippen molar-refractivity contribution >= 4 is 5.91 Å². The number of carbonyl (C=O) groups is 1. The van der Waals surface area contributed by atoms with Crippen molar-refractivity contribution in [3.8, 4) is 5.75 Å². The lowest BCUT2D eigenvalue weighted by atomic mass is 10.1. The van der Waals surface area contributed by atoms with Gasteiger partial charge in [0.15, 0.2) is 0 Å². The Kier molecular flexibility index (Phi) is 3.87. The summed E-state index contributed by atoms with van der Waals surface area (Å²) in [5, 5.41) is 0. The molecule has 18 heavy (non-hydrogen) atoms. The average Bonchev–Trinajstić information content (AvgIpc) is 3.19. The minimum Gasteiger partial charge on any atom is -0.496 e. The summed E-state index contributed by atoms with van der Waals surface area (Å²) in [6, 6.07) is 7.70. The molecule has 1 aromatic carbocycles. The number of rotatable bonds is 5. The molecule has 0 radical (unpaired) electrons. The molecule has 1 aliphatic carbocycles. The summed E-state index contributed by atoms with van der Waals surface area (Å²) in [6.07, 6.45) is 2.15. The van der Waals surface area contributed by atoms with Crippen LogP contribution in [0.3, 0.4) is 0 Å². The van der Waals surface area contributed by atoms with Crippen LogP contribution < -0.4 is 10.5 Å². The van der Waals surface area contributed by atoms with Gasteiger partial charge in [0.1, 0.15) is 5.75 Å². The van der Waals surface area contributed by atoms with E-state index in [1.54, 1.807) is 14.0 Å². The molecule has 0 aliphatic heterocycles. The molecular formula is C14H20N2O2. The number of hydrogen-bond donors (Lipinski definition) is 1. The third-order valence-electron chi connectivity index (χ3n) is 3.19. The number of nitrogens with zero attached hydrogens (tertiary/aromatic N) is 1. The zero-order chi connectivity index (χ0) is 13.1. The zero-order valence-corrected chi connectivity index (χ0v) is 10.9. The van der Waals surface area contributed by atoms with Gasteiger partial charge in [0.25, 0.3) is 0 Å². The Morgan fingerprint density at radius 1 is 1.50 bits per heavy atom. The molecule has 1 atom stereocenters. The fourth-order valence-electron chi connectivity index (χ4n) is 2.05. The van der Waals surface area contributed by atoms with Crippen molar-refractivity contribution in [2.75, 3.05) is 7.11 Å². The first-order chi connectivity index (χ1) is 8.63. The van der Waals surface area contributed by atoms with Gasteiger partial charge < -0.3 is 15.4 Å². The lowest BCUT2D eigenvalue weighted by Gasteiger charge is -2.25. The summed E-state index contributed by atoms with van der Waals surface area (Å²) in [5.74, 6) is 0.837. The number of nitrogens with two attached hydrogens (primary N) is 1. The number of hydrogen-bond acceptors (Lipinski definition) is 3. The molecule has 0 aromatic heterocycles. The maximum atomic E-state index is 12.1. The quantitative estimate of drug-likeness (QED) is 0.859. The van der Waals surface area contributed by atoms with Gasteiger partial charge in [-0.1, -0.05) is 18.2 Å². The van der Waals surface area contributed by atoms with E-state index in [-0.39, 0.29) is 5.91 Å². The van der Waals surface area contributed by atoms with Crippen LogP contribution in [0.5, 0.6) is 5.75 Å². The van der Waals surface area contributed by atoms with Crippen molar-refractivity contribution in [3.05, 3.63) is 29.8 Å². The number of para-hydroxylation sites is 1. The molecule has 0 spiro atoms. The van der Waals surface area contributed by atoms with Crippen LogP contribution in [0.1, 0.15) is 25.3 Å².